The van der Waals surface area contributed by atoms with Gasteiger partial charge in [0.15, 0.2) is 0 Å². The number of hydrogen-bond acceptors (Lipinski definition) is 4. The number of urea groups is 1. The molecule has 5 N–H and O–H groups in total. The van der Waals surface area contributed by atoms with E-state index >= 15 is 0 Å². The first-order valence-corrected chi connectivity index (χ1v) is 8.21. The molecule has 1 fully saturated rings. The molecule has 1 rings (SSSR count). The molecule has 11 heteroatoms. The number of nitrogens with two attached hydrogens (primary N) is 1. The maximum absolute atomic E-state index is 12.2. The zero-order valence-corrected chi connectivity index (χ0v) is 12.8. The largest absolute Gasteiger partial charge is 0.350 e. The maximum atomic E-state index is 12.2. The number of carbonyl (C=O) groups is 1. The average molecular weight is 337 g/mol. The van der Waals surface area contributed by atoms with Crippen LogP contribution in [0.15, 0.2) is 0 Å². The van der Waals surface area contributed by atoms with Gasteiger partial charge in [0.2, 0.25) is 0 Å². The number of hydroxylamine groups is 1. The minimum Gasteiger partial charge on any atom is -0.350 e. The fourth-order valence-electron chi connectivity index (χ4n) is 1.28. The molecule has 0 saturated carbocycles. The number of hydrogen-bond donors (Lipinski definition) is 4. The normalized spacial score (nSPS) is 22.5. The predicted molar refractivity (Wildman–Crippen MR) is 73.7 cm³/mol. The molecule has 1 unspecified atom stereocenters. The first-order chi connectivity index (χ1) is 9.00. The van der Waals surface area contributed by atoms with E-state index in [9.17, 15) is 9.36 Å². The van der Waals surface area contributed by atoms with Crippen LogP contribution < -0.4 is 16.3 Å². The highest BCUT2D eigenvalue weighted by atomic mass is 35.5. The molecule has 0 spiro atoms. The number of carbonyl (C=O) groups excluding carboxylic acids is 1. The molecular weight excluding hydrogens is 318 g/mol. The van der Waals surface area contributed by atoms with Gasteiger partial charge in [-0.1, -0.05) is 0 Å². The van der Waals surface area contributed by atoms with Gasteiger partial charge in [0, 0.05) is 31.4 Å². The molecule has 19 heavy (non-hydrogen) atoms. The predicted octanol–water partition coefficient (Wildman–Crippen LogP) is 0.928. The van der Waals surface area contributed by atoms with Crippen LogP contribution in [0.25, 0.3) is 0 Å². The molecule has 0 radical (unpaired) electrons. The lowest BCUT2D eigenvalue weighted by Crippen LogP contribution is -2.35. The molecule has 1 aliphatic rings. The molecule has 0 aliphatic carbocycles. The topological polar surface area (TPSA) is 117 Å². The Morgan fingerprint density at radius 2 is 2.00 bits per heavy atom. The quantitative estimate of drug-likeness (QED) is 0.257. The van der Waals surface area contributed by atoms with Gasteiger partial charge in [0.05, 0.1) is 6.61 Å². The molecule has 1 atom stereocenters. The lowest BCUT2D eigenvalue weighted by molar-refractivity contribution is 0.169. The van der Waals surface area contributed by atoms with E-state index in [1.165, 1.54) is 5.48 Å². The lowest BCUT2D eigenvalue weighted by Gasteiger charge is -2.33. The summed E-state index contributed by atoms with van der Waals surface area (Å²) >= 11 is 11.2. The molecular formula is C8H19Cl2N4O4P. The minimum atomic E-state index is -2.84. The summed E-state index contributed by atoms with van der Waals surface area (Å²) in [5, 5.41) is 10.3. The monoisotopic (exact) mass is 336 g/mol. The zero-order valence-electron chi connectivity index (χ0n) is 10.3. The van der Waals surface area contributed by atoms with E-state index in [0.717, 1.165) is 13.0 Å². The number of nitrogens with one attached hydrogen (secondary N) is 2. The van der Waals surface area contributed by atoms with Gasteiger partial charge in [-0.3, -0.25) is 9.77 Å². The smallest absolute Gasteiger partial charge is 0.343 e. The van der Waals surface area contributed by atoms with Crippen molar-refractivity contribution < 1.29 is 19.1 Å². The molecule has 1 aliphatic heterocycles. The summed E-state index contributed by atoms with van der Waals surface area (Å²) in [5.74, 6) is 0.845. The fourth-order valence-corrected chi connectivity index (χ4v) is 3.92. The summed E-state index contributed by atoms with van der Waals surface area (Å²) in [7, 11) is -2.84. The van der Waals surface area contributed by atoms with Gasteiger partial charge in [0.1, 0.15) is 0 Å². The Balaban J connectivity index is 0.000000555. The third-order valence-corrected chi connectivity index (χ3v) is 4.71. The molecule has 114 valence electrons. The van der Waals surface area contributed by atoms with Gasteiger partial charge in [0.25, 0.3) is 0 Å². The van der Waals surface area contributed by atoms with E-state index in [1.807, 2.05) is 0 Å². The minimum absolute atomic E-state index is 0.423. The Bertz CT molecular complexity index is 294. The van der Waals surface area contributed by atoms with Crippen LogP contribution in [0.2, 0.25) is 0 Å². The van der Waals surface area contributed by atoms with Crippen molar-refractivity contribution in [1.82, 2.24) is 15.2 Å². The average Bonchev–Trinajstić information content (AvgIpc) is 2.40. The van der Waals surface area contributed by atoms with Crippen LogP contribution in [0.4, 0.5) is 4.79 Å². The van der Waals surface area contributed by atoms with Gasteiger partial charge in [-0.15, -0.1) is 23.2 Å². The highest BCUT2D eigenvalue weighted by Gasteiger charge is 2.32. The Morgan fingerprint density at radius 3 is 2.32 bits per heavy atom. The van der Waals surface area contributed by atoms with Crippen LogP contribution in [-0.2, 0) is 9.09 Å². The van der Waals surface area contributed by atoms with E-state index in [2.05, 4.69) is 10.8 Å². The third kappa shape index (κ3) is 7.94. The van der Waals surface area contributed by atoms with Gasteiger partial charge in [-0.2, -0.15) is 0 Å². The van der Waals surface area contributed by atoms with Crippen LogP contribution in [0, 0.1) is 0 Å². The summed E-state index contributed by atoms with van der Waals surface area (Å²) in [6.45, 7) is 2.31. The standard InChI is InChI=1S/C7H15Cl2N2O2P.CH4N2O2/c8-2-5-11(6-3-9)14(12)10-4-1-7-13-14;2-1(4)3-5/h1-7H2,(H,10,12);5H,(H3,2,3,4). The number of primary amides is 1. The number of nitrogens with zero attached hydrogens (tertiary/aromatic N) is 1. The number of rotatable bonds is 5. The van der Waals surface area contributed by atoms with E-state index in [-0.39, 0.29) is 0 Å². The van der Waals surface area contributed by atoms with Crippen LogP contribution in [0.5, 0.6) is 0 Å². The molecule has 0 aromatic rings. The molecule has 1 saturated heterocycles. The van der Waals surface area contributed by atoms with Crippen molar-refractivity contribution in [2.75, 3.05) is 38.0 Å². The summed E-state index contributed by atoms with van der Waals surface area (Å²) in [5.41, 5.74) is 5.46. The van der Waals surface area contributed by atoms with Gasteiger partial charge < -0.3 is 10.3 Å². The Kier molecular flexibility index (Phi) is 10.6. The second-order valence-electron chi connectivity index (χ2n) is 3.42. The Labute approximate surface area is 122 Å². The van der Waals surface area contributed by atoms with Gasteiger partial charge >= 0.3 is 13.7 Å². The molecule has 1 heterocycles. The van der Waals surface area contributed by atoms with Gasteiger partial charge in [-0.25, -0.2) is 20.0 Å². The first-order valence-electron chi connectivity index (χ1n) is 5.56. The molecule has 0 aromatic heterocycles. The first kappa shape index (κ1) is 18.9. The number of halogens is 2. The van der Waals surface area contributed by atoms with E-state index < -0.39 is 13.7 Å². The second-order valence-corrected chi connectivity index (χ2v) is 6.36. The highest BCUT2D eigenvalue weighted by molar-refractivity contribution is 7.54. The van der Waals surface area contributed by atoms with Crippen LogP contribution in [0.3, 0.4) is 0 Å². The second kappa shape index (κ2) is 10.7. The fraction of sp³-hybridized carbons (Fsp3) is 0.875. The molecule has 2 amide bonds. The molecule has 0 aromatic carbocycles. The van der Waals surface area contributed by atoms with Gasteiger partial charge in [-0.05, 0) is 6.42 Å². The maximum Gasteiger partial charge on any atom is 0.343 e. The lowest BCUT2D eigenvalue weighted by atomic mass is 10.5. The number of amides is 2. The van der Waals surface area contributed by atoms with Crippen molar-refractivity contribution >= 4 is 36.9 Å². The zero-order chi connectivity index (χ0) is 14.7. The molecule has 8 nitrogen and oxygen atoms in total. The summed E-state index contributed by atoms with van der Waals surface area (Å²) in [4.78, 5) is 9.23. The van der Waals surface area contributed by atoms with Crippen molar-refractivity contribution in [3.8, 4) is 0 Å². The Hall–Kier alpha value is -0.0800. The summed E-state index contributed by atoms with van der Waals surface area (Å²) < 4.78 is 19.2. The Morgan fingerprint density at radius 1 is 1.47 bits per heavy atom. The van der Waals surface area contributed by atoms with Crippen LogP contribution in [-0.4, -0.2) is 53.9 Å². The van der Waals surface area contributed by atoms with Crippen LogP contribution >= 0.6 is 30.9 Å². The van der Waals surface area contributed by atoms with Crippen molar-refractivity contribution in [2.45, 2.75) is 6.42 Å². The van der Waals surface area contributed by atoms with Crippen molar-refractivity contribution in [1.29, 1.82) is 0 Å². The summed E-state index contributed by atoms with van der Waals surface area (Å²) in [6, 6.07) is -0.940. The third-order valence-electron chi connectivity index (χ3n) is 2.07. The van der Waals surface area contributed by atoms with E-state index in [1.54, 1.807) is 4.67 Å². The van der Waals surface area contributed by atoms with Crippen molar-refractivity contribution in [3.63, 3.8) is 0 Å². The highest BCUT2D eigenvalue weighted by Crippen LogP contribution is 2.47. The SMILES string of the molecule is NC(=O)NO.O=P1(N(CCCl)CCCl)NCCCO1. The van der Waals surface area contributed by atoms with Crippen LogP contribution in [0.1, 0.15) is 6.42 Å². The van der Waals surface area contributed by atoms with E-state index in [4.69, 9.17) is 32.9 Å². The summed E-state index contributed by atoms with van der Waals surface area (Å²) in [6.07, 6.45) is 0.888. The van der Waals surface area contributed by atoms with Crippen molar-refractivity contribution in [3.05, 3.63) is 0 Å². The molecule has 0 bridgehead atoms. The number of alkyl halides is 2. The van der Waals surface area contributed by atoms with E-state index in [0.29, 0.717) is 31.5 Å². The van der Waals surface area contributed by atoms with Crippen molar-refractivity contribution in [2.24, 2.45) is 5.73 Å².